The third-order valence-corrected chi connectivity index (χ3v) is 3.01. The molecule has 0 saturated heterocycles. The Labute approximate surface area is 120 Å². The van der Waals surface area contributed by atoms with Crippen LogP contribution in [0.2, 0.25) is 0 Å². The molecule has 0 heterocycles. The molecule has 0 aliphatic heterocycles. The first-order valence-electron chi connectivity index (χ1n) is 6.29. The molecule has 0 atom stereocenters. The van der Waals surface area contributed by atoms with Crippen LogP contribution < -0.4 is 4.74 Å². The lowest BCUT2D eigenvalue weighted by molar-refractivity contribution is -0.142. The van der Waals surface area contributed by atoms with E-state index in [0.29, 0.717) is 0 Å². The van der Waals surface area contributed by atoms with E-state index in [0.717, 1.165) is 23.3 Å². The zero-order valence-corrected chi connectivity index (χ0v) is 11.3. The molecule has 0 radical (unpaired) electrons. The number of hydrogen-bond donors (Lipinski definition) is 0. The van der Waals surface area contributed by atoms with E-state index in [1.165, 1.54) is 12.1 Å². The van der Waals surface area contributed by atoms with Crippen LogP contribution in [0.4, 0.5) is 13.2 Å². The molecule has 0 aromatic heterocycles. The fourth-order valence-electron chi connectivity index (χ4n) is 1.91. The summed E-state index contributed by atoms with van der Waals surface area (Å²) in [5, 5.41) is 0. The summed E-state index contributed by atoms with van der Waals surface area (Å²) in [6.45, 7) is 1.83. The summed E-state index contributed by atoms with van der Waals surface area (Å²) in [5.41, 5.74) is 0.661. The lowest BCUT2D eigenvalue weighted by Crippen LogP contribution is -2.15. The van der Waals surface area contributed by atoms with Crippen LogP contribution in [0.1, 0.15) is 16.7 Å². The molecule has 2 aromatic rings. The maximum Gasteiger partial charge on any atom is 0.419 e. The predicted molar refractivity (Wildman–Crippen MR) is 72.0 cm³/mol. The molecule has 5 heteroatoms. The van der Waals surface area contributed by atoms with Gasteiger partial charge in [-0.15, -0.1) is 0 Å². The fourth-order valence-corrected chi connectivity index (χ4v) is 1.91. The van der Waals surface area contributed by atoms with Crippen molar-refractivity contribution < 1.29 is 22.7 Å². The number of halogens is 3. The Hall–Kier alpha value is -2.30. The van der Waals surface area contributed by atoms with E-state index in [4.69, 9.17) is 4.74 Å². The topological polar surface area (TPSA) is 26.3 Å². The first-order chi connectivity index (χ1) is 9.88. The molecule has 0 aliphatic rings. The van der Waals surface area contributed by atoms with Crippen molar-refractivity contribution >= 4 is 5.97 Å². The van der Waals surface area contributed by atoms with Gasteiger partial charge in [0.25, 0.3) is 0 Å². The van der Waals surface area contributed by atoms with Crippen molar-refractivity contribution in [3.8, 4) is 5.75 Å². The lowest BCUT2D eigenvalue weighted by Gasteiger charge is -2.12. The van der Waals surface area contributed by atoms with Crippen molar-refractivity contribution in [2.75, 3.05) is 0 Å². The van der Waals surface area contributed by atoms with E-state index < -0.39 is 23.5 Å². The molecule has 2 nitrogen and oxygen atoms in total. The first-order valence-corrected chi connectivity index (χ1v) is 6.29. The van der Waals surface area contributed by atoms with E-state index in [9.17, 15) is 18.0 Å². The quantitative estimate of drug-likeness (QED) is 0.627. The Morgan fingerprint density at radius 2 is 1.67 bits per heavy atom. The number of rotatable bonds is 3. The molecule has 0 amide bonds. The molecule has 0 spiro atoms. The van der Waals surface area contributed by atoms with E-state index in [1.54, 1.807) is 12.1 Å². The SMILES string of the molecule is Cc1ccccc1CC(=O)Oc1ccccc1C(F)(F)F. The number of hydrogen-bond acceptors (Lipinski definition) is 2. The summed E-state index contributed by atoms with van der Waals surface area (Å²) in [6, 6.07) is 11.8. The summed E-state index contributed by atoms with van der Waals surface area (Å²) in [4.78, 5) is 11.8. The summed E-state index contributed by atoms with van der Waals surface area (Å²) < 4.78 is 43.3. The van der Waals surface area contributed by atoms with Crippen molar-refractivity contribution in [2.45, 2.75) is 19.5 Å². The van der Waals surface area contributed by atoms with E-state index in [-0.39, 0.29) is 6.42 Å². The van der Waals surface area contributed by atoms with Gasteiger partial charge in [-0.2, -0.15) is 13.2 Å². The average Bonchev–Trinajstić information content (AvgIpc) is 2.41. The maximum atomic E-state index is 12.8. The minimum Gasteiger partial charge on any atom is -0.426 e. The number of esters is 1. The highest BCUT2D eigenvalue weighted by Gasteiger charge is 2.34. The van der Waals surface area contributed by atoms with Gasteiger partial charge in [-0.25, -0.2) is 0 Å². The monoisotopic (exact) mass is 294 g/mol. The number of ether oxygens (including phenoxy) is 1. The Morgan fingerprint density at radius 1 is 1.05 bits per heavy atom. The molecule has 0 fully saturated rings. The molecule has 0 N–H and O–H groups in total. The molecular weight excluding hydrogens is 281 g/mol. The van der Waals surface area contributed by atoms with Gasteiger partial charge < -0.3 is 4.74 Å². The normalized spacial score (nSPS) is 11.2. The minimum atomic E-state index is -4.56. The van der Waals surface area contributed by atoms with Gasteiger partial charge >= 0.3 is 12.1 Å². The van der Waals surface area contributed by atoms with Gasteiger partial charge in [-0.05, 0) is 30.2 Å². The van der Waals surface area contributed by atoms with Gasteiger partial charge in [0.05, 0.1) is 12.0 Å². The second kappa shape index (κ2) is 5.99. The van der Waals surface area contributed by atoms with Crippen molar-refractivity contribution in [1.29, 1.82) is 0 Å². The van der Waals surface area contributed by atoms with Crippen LogP contribution in [0.3, 0.4) is 0 Å². The Morgan fingerprint density at radius 3 is 2.33 bits per heavy atom. The molecule has 2 aromatic carbocycles. The number of carbonyl (C=O) groups excluding carboxylic acids is 1. The lowest BCUT2D eigenvalue weighted by atomic mass is 10.1. The Balaban J connectivity index is 2.16. The van der Waals surface area contributed by atoms with Gasteiger partial charge in [0.15, 0.2) is 0 Å². The van der Waals surface area contributed by atoms with Crippen molar-refractivity contribution in [3.63, 3.8) is 0 Å². The summed E-state index contributed by atoms with van der Waals surface area (Å²) in [6.07, 6.45) is -4.63. The van der Waals surface area contributed by atoms with Crippen LogP contribution in [-0.4, -0.2) is 5.97 Å². The largest absolute Gasteiger partial charge is 0.426 e. The summed E-state index contributed by atoms with van der Waals surface area (Å²) in [7, 11) is 0. The molecule has 0 saturated carbocycles. The molecule has 0 unspecified atom stereocenters. The van der Waals surface area contributed by atoms with E-state index in [2.05, 4.69) is 0 Å². The van der Waals surface area contributed by atoms with Crippen LogP contribution in [-0.2, 0) is 17.4 Å². The van der Waals surface area contributed by atoms with Crippen LogP contribution >= 0.6 is 0 Å². The second-order valence-corrected chi connectivity index (χ2v) is 4.57. The number of benzene rings is 2. The van der Waals surface area contributed by atoms with Crippen LogP contribution in [0, 0.1) is 6.92 Å². The summed E-state index contributed by atoms with van der Waals surface area (Å²) in [5.74, 6) is -1.19. The maximum absolute atomic E-state index is 12.8. The van der Waals surface area contributed by atoms with Crippen LogP contribution in [0.5, 0.6) is 5.75 Å². The van der Waals surface area contributed by atoms with Crippen molar-refractivity contribution in [1.82, 2.24) is 0 Å². The second-order valence-electron chi connectivity index (χ2n) is 4.57. The highest BCUT2D eigenvalue weighted by atomic mass is 19.4. The highest BCUT2D eigenvalue weighted by molar-refractivity contribution is 5.76. The molecule has 0 bridgehead atoms. The van der Waals surface area contributed by atoms with Gasteiger partial charge in [0.1, 0.15) is 5.75 Å². The smallest absolute Gasteiger partial charge is 0.419 e. The Bertz CT molecular complexity index is 648. The van der Waals surface area contributed by atoms with Gasteiger partial charge in [0.2, 0.25) is 0 Å². The van der Waals surface area contributed by atoms with Crippen molar-refractivity contribution in [3.05, 3.63) is 65.2 Å². The van der Waals surface area contributed by atoms with Crippen molar-refractivity contribution in [2.24, 2.45) is 0 Å². The average molecular weight is 294 g/mol. The van der Waals surface area contributed by atoms with Gasteiger partial charge in [0, 0.05) is 0 Å². The highest BCUT2D eigenvalue weighted by Crippen LogP contribution is 2.36. The van der Waals surface area contributed by atoms with E-state index >= 15 is 0 Å². The molecular formula is C16H13F3O2. The molecule has 0 aliphatic carbocycles. The zero-order valence-electron chi connectivity index (χ0n) is 11.3. The van der Waals surface area contributed by atoms with E-state index in [1.807, 2.05) is 19.1 Å². The number of alkyl halides is 3. The summed E-state index contributed by atoms with van der Waals surface area (Å²) >= 11 is 0. The third kappa shape index (κ3) is 3.84. The Kier molecular flexibility index (Phi) is 4.31. The van der Waals surface area contributed by atoms with Crippen LogP contribution in [0.25, 0.3) is 0 Å². The zero-order chi connectivity index (χ0) is 15.5. The van der Waals surface area contributed by atoms with Gasteiger partial charge in [-0.1, -0.05) is 36.4 Å². The fraction of sp³-hybridized carbons (Fsp3) is 0.188. The number of para-hydroxylation sites is 1. The number of aryl methyl sites for hydroxylation is 1. The standard InChI is InChI=1S/C16H13F3O2/c1-11-6-2-3-7-12(11)10-15(20)21-14-9-5-4-8-13(14)16(17,18)19/h2-9H,10H2,1H3. The van der Waals surface area contributed by atoms with Gasteiger partial charge in [-0.3, -0.25) is 4.79 Å². The minimum absolute atomic E-state index is 0.0706. The molecule has 110 valence electrons. The number of carbonyl (C=O) groups is 1. The first kappa shape index (κ1) is 15.1. The predicted octanol–water partition coefficient (Wildman–Crippen LogP) is 4.16. The van der Waals surface area contributed by atoms with Crippen LogP contribution in [0.15, 0.2) is 48.5 Å². The molecule has 21 heavy (non-hydrogen) atoms. The molecule has 2 rings (SSSR count). The third-order valence-electron chi connectivity index (χ3n) is 3.01.